The standard InChI is InChI=1S/C19H24BrN/c1-4-5-6-16-8-10-17(11-9-16)15(3)21-19-13-14(2)7-12-18(19)20/h7-13,15,21H,4-6H2,1-3H3. The van der Waals surface area contributed by atoms with Crippen LogP contribution in [-0.2, 0) is 6.42 Å². The predicted octanol–water partition coefficient (Wildman–Crippen LogP) is 6.27. The van der Waals surface area contributed by atoms with Crippen LogP contribution in [0.2, 0.25) is 0 Å². The van der Waals surface area contributed by atoms with Crippen molar-refractivity contribution in [3.8, 4) is 0 Å². The van der Waals surface area contributed by atoms with Gasteiger partial charge in [-0.25, -0.2) is 0 Å². The largest absolute Gasteiger partial charge is 0.378 e. The first-order valence-corrected chi connectivity index (χ1v) is 8.51. The van der Waals surface area contributed by atoms with E-state index >= 15 is 0 Å². The highest BCUT2D eigenvalue weighted by molar-refractivity contribution is 9.10. The average molecular weight is 346 g/mol. The minimum atomic E-state index is 0.295. The maximum Gasteiger partial charge on any atom is 0.0491 e. The normalized spacial score (nSPS) is 12.2. The molecule has 1 unspecified atom stereocenters. The van der Waals surface area contributed by atoms with Gasteiger partial charge in [-0.05, 0) is 71.4 Å². The Hall–Kier alpha value is -1.28. The summed E-state index contributed by atoms with van der Waals surface area (Å²) in [7, 11) is 0. The summed E-state index contributed by atoms with van der Waals surface area (Å²) < 4.78 is 1.11. The molecule has 0 aliphatic heterocycles. The number of anilines is 1. The van der Waals surface area contributed by atoms with Crippen LogP contribution in [0.15, 0.2) is 46.9 Å². The molecule has 2 aromatic carbocycles. The molecule has 0 heterocycles. The quantitative estimate of drug-likeness (QED) is 0.650. The number of hydrogen-bond acceptors (Lipinski definition) is 1. The topological polar surface area (TPSA) is 12.0 Å². The van der Waals surface area contributed by atoms with E-state index in [0.717, 1.165) is 10.2 Å². The summed E-state index contributed by atoms with van der Waals surface area (Å²) in [5.41, 5.74) is 5.17. The van der Waals surface area contributed by atoms with E-state index in [1.54, 1.807) is 0 Å². The third-order valence-corrected chi connectivity index (χ3v) is 4.48. The summed E-state index contributed by atoms with van der Waals surface area (Å²) in [5.74, 6) is 0. The van der Waals surface area contributed by atoms with Gasteiger partial charge in [0.25, 0.3) is 0 Å². The second-order valence-electron chi connectivity index (χ2n) is 5.69. The van der Waals surface area contributed by atoms with E-state index in [2.05, 4.69) is 84.5 Å². The molecule has 0 saturated carbocycles. The second-order valence-corrected chi connectivity index (χ2v) is 6.55. The molecule has 0 aliphatic carbocycles. The molecule has 21 heavy (non-hydrogen) atoms. The molecule has 0 amide bonds. The molecular weight excluding hydrogens is 322 g/mol. The predicted molar refractivity (Wildman–Crippen MR) is 96.0 cm³/mol. The Bertz CT molecular complexity index is 575. The molecule has 0 radical (unpaired) electrons. The van der Waals surface area contributed by atoms with Gasteiger partial charge in [0.05, 0.1) is 0 Å². The molecule has 0 bridgehead atoms. The van der Waals surface area contributed by atoms with Crippen LogP contribution in [0.4, 0.5) is 5.69 Å². The molecular formula is C19H24BrN. The summed E-state index contributed by atoms with van der Waals surface area (Å²) in [4.78, 5) is 0. The highest BCUT2D eigenvalue weighted by Crippen LogP contribution is 2.27. The lowest BCUT2D eigenvalue weighted by Gasteiger charge is -2.18. The fourth-order valence-corrected chi connectivity index (χ4v) is 2.78. The van der Waals surface area contributed by atoms with Crippen molar-refractivity contribution >= 4 is 21.6 Å². The van der Waals surface area contributed by atoms with Gasteiger partial charge in [-0.1, -0.05) is 43.7 Å². The molecule has 0 aromatic heterocycles. The van der Waals surface area contributed by atoms with Crippen molar-refractivity contribution in [2.24, 2.45) is 0 Å². The molecule has 1 atom stereocenters. The van der Waals surface area contributed by atoms with Crippen LogP contribution in [0.1, 0.15) is 49.4 Å². The van der Waals surface area contributed by atoms with Crippen LogP contribution in [0.5, 0.6) is 0 Å². The van der Waals surface area contributed by atoms with Gasteiger partial charge < -0.3 is 5.32 Å². The Labute approximate surface area is 136 Å². The van der Waals surface area contributed by atoms with Crippen molar-refractivity contribution in [3.05, 3.63) is 63.6 Å². The number of hydrogen-bond donors (Lipinski definition) is 1. The first kappa shape index (κ1) is 16.1. The summed E-state index contributed by atoms with van der Waals surface area (Å²) in [6.45, 7) is 6.56. The molecule has 0 aliphatic rings. The Kier molecular flexibility index (Phi) is 5.86. The van der Waals surface area contributed by atoms with Gasteiger partial charge in [0, 0.05) is 16.2 Å². The minimum absolute atomic E-state index is 0.295. The Morgan fingerprint density at radius 1 is 1.10 bits per heavy atom. The van der Waals surface area contributed by atoms with E-state index in [1.165, 1.54) is 36.0 Å². The van der Waals surface area contributed by atoms with Gasteiger partial charge >= 0.3 is 0 Å². The van der Waals surface area contributed by atoms with E-state index in [1.807, 2.05) is 0 Å². The maximum atomic E-state index is 3.61. The summed E-state index contributed by atoms with van der Waals surface area (Å²) in [6.07, 6.45) is 3.70. The van der Waals surface area contributed by atoms with Crippen molar-refractivity contribution in [1.82, 2.24) is 0 Å². The third-order valence-electron chi connectivity index (χ3n) is 3.79. The van der Waals surface area contributed by atoms with Gasteiger partial charge in [-0.3, -0.25) is 0 Å². The van der Waals surface area contributed by atoms with Crippen LogP contribution in [0.3, 0.4) is 0 Å². The Morgan fingerprint density at radius 2 is 1.81 bits per heavy atom. The zero-order chi connectivity index (χ0) is 15.2. The maximum absolute atomic E-state index is 3.61. The van der Waals surface area contributed by atoms with E-state index in [-0.39, 0.29) is 0 Å². The number of benzene rings is 2. The van der Waals surface area contributed by atoms with E-state index in [0.29, 0.717) is 6.04 Å². The van der Waals surface area contributed by atoms with Crippen molar-refractivity contribution in [1.29, 1.82) is 0 Å². The zero-order valence-corrected chi connectivity index (χ0v) is 14.7. The number of aryl methyl sites for hydroxylation is 2. The van der Waals surface area contributed by atoms with Gasteiger partial charge in [-0.2, -0.15) is 0 Å². The van der Waals surface area contributed by atoms with E-state index < -0.39 is 0 Å². The van der Waals surface area contributed by atoms with Gasteiger partial charge in [0.15, 0.2) is 0 Å². The van der Waals surface area contributed by atoms with Crippen LogP contribution in [0, 0.1) is 6.92 Å². The first-order valence-electron chi connectivity index (χ1n) is 7.71. The number of halogens is 1. The SMILES string of the molecule is CCCCc1ccc(C(C)Nc2cc(C)ccc2Br)cc1. The average Bonchev–Trinajstić information content (AvgIpc) is 2.49. The lowest BCUT2D eigenvalue weighted by Crippen LogP contribution is -2.07. The van der Waals surface area contributed by atoms with E-state index in [9.17, 15) is 0 Å². The molecule has 2 aromatic rings. The fourth-order valence-electron chi connectivity index (χ4n) is 2.42. The summed E-state index contributed by atoms with van der Waals surface area (Å²) >= 11 is 3.61. The molecule has 0 spiro atoms. The lowest BCUT2D eigenvalue weighted by atomic mass is 10.0. The molecule has 2 rings (SSSR count). The Morgan fingerprint density at radius 3 is 2.48 bits per heavy atom. The minimum Gasteiger partial charge on any atom is -0.378 e. The van der Waals surface area contributed by atoms with Crippen LogP contribution < -0.4 is 5.32 Å². The van der Waals surface area contributed by atoms with Crippen LogP contribution >= 0.6 is 15.9 Å². The summed E-state index contributed by atoms with van der Waals surface area (Å²) in [6, 6.07) is 15.7. The number of nitrogens with one attached hydrogen (secondary N) is 1. The zero-order valence-electron chi connectivity index (χ0n) is 13.1. The molecule has 112 valence electrons. The molecule has 0 saturated heterocycles. The Balaban J connectivity index is 2.05. The fraction of sp³-hybridized carbons (Fsp3) is 0.368. The van der Waals surface area contributed by atoms with Crippen molar-refractivity contribution < 1.29 is 0 Å². The van der Waals surface area contributed by atoms with E-state index in [4.69, 9.17) is 0 Å². The van der Waals surface area contributed by atoms with Gasteiger partial charge in [0.1, 0.15) is 0 Å². The smallest absolute Gasteiger partial charge is 0.0491 e. The molecule has 1 nitrogen and oxygen atoms in total. The second kappa shape index (κ2) is 7.65. The third kappa shape index (κ3) is 4.60. The molecule has 0 fully saturated rings. The number of unbranched alkanes of at least 4 members (excludes halogenated alkanes) is 1. The lowest BCUT2D eigenvalue weighted by molar-refractivity contribution is 0.793. The first-order chi connectivity index (χ1) is 10.1. The van der Waals surface area contributed by atoms with Crippen LogP contribution in [0.25, 0.3) is 0 Å². The summed E-state index contributed by atoms with van der Waals surface area (Å²) in [5, 5.41) is 3.58. The molecule has 1 N–H and O–H groups in total. The highest BCUT2D eigenvalue weighted by atomic mass is 79.9. The van der Waals surface area contributed by atoms with Gasteiger partial charge in [0.2, 0.25) is 0 Å². The highest BCUT2D eigenvalue weighted by Gasteiger charge is 2.07. The monoisotopic (exact) mass is 345 g/mol. The van der Waals surface area contributed by atoms with Crippen LogP contribution in [-0.4, -0.2) is 0 Å². The number of rotatable bonds is 6. The van der Waals surface area contributed by atoms with Crippen molar-refractivity contribution in [3.63, 3.8) is 0 Å². The molecule has 2 heteroatoms. The van der Waals surface area contributed by atoms with Crippen molar-refractivity contribution in [2.75, 3.05) is 5.32 Å². The van der Waals surface area contributed by atoms with Crippen molar-refractivity contribution in [2.45, 2.75) is 46.1 Å². The van der Waals surface area contributed by atoms with Gasteiger partial charge in [-0.15, -0.1) is 0 Å².